The minimum atomic E-state index is -4.00. The molecular weight excluding hydrogens is 397 g/mol. The van der Waals surface area contributed by atoms with Crippen LogP contribution in [-0.2, 0) is 10.0 Å². The Kier molecular flexibility index (Phi) is 5.43. The highest BCUT2D eigenvalue weighted by Gasteiger charge is 2.24. The third kappa shape index (κ3) is 3.96. The van der Waals surface area contributed by atoms with Crippen LogP contribution in [0.5, 0.6) is 0 Å². The Morgan fingerprint density at radius 3 is 2.23 bits per heavy atom. The molecule has 0 bridgehead atoms. The number of hydrogen-bond donors (Lipinski definition) is 1. The number of carbonyl (C=O) groups excluding carboxylic acids is 1. The topological polar surface area (TPSA) is 83.7 Å². The Labute approximate surface area is 162 Å². The maximum atomic E-state index is 12.7. The predicted octanol–water partition coefficient (Wildman–Crippen LogP) is 2.60. The Morgan fingerprint density at radius 1 is 0.962 bits per heavy atom. The third-order valence-electron chi connectivity index (χ3n) is 4.24. The van der Waals surface area contributed by atoms with Gasteiger partial charge in [0.15, 0.2) is 0 Å². The summed E-state index contributed by atoms with van der Waals surface area (Å²) in [6, 6.07) is 11.7. The summed E-state index contributed by atoms with van der Waals surface area (Å²) in [5.74, 6) is -0.259. The minimum Gasteiger partial charge on any atom is -0.367 e. The molecule has 1 heterocycles. The van der Waals surface area contributed by atoms with Crippen LogP contribution in [0.1, 0.15) is 10.4 Å². The van der Waals surface area contributed by atoms with Gasteiger partial charge in [-0.05, 0) is 30.3 Å². The number of hydrogen-bond acceptors (Lipinski definition) is 4. The van der Waals surface area contributed by atoms with E-state index >= 15 is 0 Å². The van der Waals surface area contributed by atoms with Crippen molar-refractivity contribution in [2.45, 2.75) is 4.90 Å². The van der Waals surface area contributed by atoms with Crippen LogP contribution in [0.15, 0.2) is 47.4 Å². The normalized spacial score (nSPS) is 15.2. The maximum absolute atomic E-state index is 12.7. The molecule has 0 spiro atoms. The zero-order chi connectivity index (χ0) is 18.9. The molecule has 0 radical (unpaired) electrons. The highest BCUT2D eigenvalue weighted by Crippen LogP contribution is 2.27. The van der Waals surface area contributed by atoms with Crippen molar-refractivity contribution in [1.29, 1.82) is 0 Å². The number of piperazine rings is 1. The molecule has 2 aromatic carbocycles. The maximum Gasteiger partial charge on any atom is 0.254 e. The van der Waals surface area contributed by atoms with Crippen molar-refractivity contribution in [3.8, 4) is 0 Å². The second-order valence-electron chi connectivity index (χ2n) is 5.92. The molecule has 138 valence electrons. The van der Waals surface area contributed by atoms with Crippen LogP contribution in [-0.4, -0.2) is 45.4 Å². The lowest BCUT2D eigenvalue weighted by atomic mass is 10.1. The van der Waals surface area contributed by atoms with Crippen molar-refractivity contribution in [2.24, 2.45) is 5.14 Å². The van der Waals surface area contributed by atoms with Crippen molar-refractivity contribution in [3.63, 3.8) is 0 Å². The number of anilines is 1. The van der Waals surface area contributed by atoms with Gasteiger partial charge in [-0.2, -0.15) is 0 Å². The standard InChI is InChI=1S/C17H17Cl2N3O3S/c18-13-3-1-2-4-15(13)21-7-9-22(10-8-21)17(23)12-5-6-14(19)16(11-12)26(20,24)25/h1-6,11H,7-10H2,(H2,20,24,25). The molecule has 6 nitrogen and oxygen atoms in total. The van der Waals surface area contributed by atoms with E-state index < -0.39 is 10.0 Å². The first-order chi connectivity index (χ1) is 12.3. The highest BCUT2D eigenvalue weighted by atomic mass is 35.5. The fourth-order valence-electron chi connectivity index (χ4n) is 2.90. The Hall–Kier alpha value is -1.80. The molecule has 2 aromatic rings. The molecule has 1 saturated heterocycles. The summed E-state index contributed by atoms with van der Waals surface area (Å²) in [7, 11) is -4.00. The number of halogens is 2. The molecule has 9 heteroatoms. The van der Waals surface area contributed by atoms with E-state index in [9.17, 15) is 13.2 Å². The number of benzene rings is 2. The summed E-state index contributed by atoms with van der Waals surface area (Å²) in [4.78, 5) is 16.2. The van der Waals surface area contributed by atoms with Crippen molar-refractivity contribution in [3.05, 3.63) is 58.1 Å². The van der Waals surface area contributed by atoms with E-state index in [4.69, 9.17) is 28.3 Å². The Balaban J connectivity index is 1.74. The van der Waals surface area contributed by atoms with E-state index in [0.717, 1.165) is 5.69 Å². The van der Waals surface area contributed by atoms with Crippen LogP contribution in [0, 0.1) is 0 Å². The number of para-hydroxylation sites is 1. The van der Waals surface area contributed by atoms with Gasteiger partial charge in [0.25, 0.3) is 5.91 Å². The molecule has 1 amide bonds. The lowest BCUT2D eigenvalue weighted by Gasteiger charge is -2.36. The molecule has 0 atom stereocenters. The first kappa shape index (κ1) is 19.0. The molecule has 1 fully saturated rings. The SMILES string of the molecule is NS(=O)(=O)c1cc(C(=O)N2CCN(c3ccccc3Cl)CC2)ccc1Cl. The average molecular weight is 414 g/mol. The predicted molar refractivity (Wildman–Crippen MR) is 102 cm³/mol. The van der Waals surface area contributed by atoms with Gasteiger partial charge in [0.05, 0.1) is 15.7 Å². The van der Waals surface area contributed by atoms with Gasteiger partial charge in [-0.3, -0.25) is 4.79 Å². The van der Waals surface area contributed by atoms with Crippen LogP contribution in [0.2, 0.25) is 10.0 Å². The zero-order valence-electron chi connectivity index (χ0n) is 13.7. The molecule has 26 heavy (non-hydrogen) atoms. The summed E-state index contributed by atoms with van der Waals surface area (Å²) in [6.45, 7) is 2.25. The number of nitrogens with zero attached hydrogens (tertiary/aromatic N) is 2. The summed E-state index contributed by atoms with van der Waals surface area (Å²) in [6.07, 6.45) is 0. The quantitative estimate of drug-likeness (QED) is 0.837. The molecule has 0 aromatic heterocycles. The smallest absolute Gasteiger partial charge is 0.254 e. The van der Waals surface area contributed by atoms with E-state index in [1.807, 2.05) is 24.3 Å². The van der Waals surface area contributed by atoms with Crippen LogP contribution in [0.4, 0.5) is 5.69 Å². The summed E-state index contributed by atoms with van der Waals surface area (Å²) in [5.41, 5.74) is 1.17. The van der Waals surface area contributed by atoms with Crippen molar-refractivity contribution in [2.75, 3.05) is 31.1 Å². The second-order valence-corrected chi connectivity index (χ2v) is 8.27. The molecule has 2 N–H and O–H groups in total. The van der Waals surface area contributed by atoms with Crippen molar-refractivity contribution < 1.29 is 13.2 Å². The van der Waals surface area contributed by atoms with Crippen LogP contribution in [0.3, 0.4) is 0 Å². The summed E-state index contributed by atoms with van der Waals surface area (Å²) in [5, 5.41) is 5.81. The zero-order valence-corrected chi connectivity index (χ0v) is 16.1. The van der Waals surface area contributed by atoms with Gasteiger partial charge in [-0.15, -0.1) is 0 Å². The number of sulfonamides is 1. The summed E-state index contributed by atoms with van der Waals surface area (Å²) < 4.78 is 23.2. The molecule has 3 rings (SSSR count). The van der Waals surface area contributed by atoms with Gasteiger partial charge in [0.2, 0.25) is 10.0 Å². The van der Waals surface area contributed by atoms with Crippen LogP contribution < -0.4 is 10.0 Å². The van der Waals surface area contributed by atoms with E-state index in [2.05, 4.69) is 4.90 Å². The van der Waals surface area contributed by atoms with E-state index in [1.165, 1.54) is 18.2 Å². The monoisotopic (exact) mass is 413 g/mol. The molecule has 0 aliphatic carbocycles. The molecule has 0 unspecified atom stereocenters. The van der Waals surface area contributed by atoms with Crippen LogP contribution in [0.25, 0.3) is 0 Å². The second kappa shape index (κ2) is 7.44. The number of rotatable bonds is 3. The first-order valence-electron chi connectivity index (χ1n) is 7.88. The van der Waals surface area contributed by atoms with Gasteiger partial charge >= 0.3 is 0 Å². The largest absolute Gasteiger partial charge is 0.367 e. The number of primary sulfonamides is 1. The number of carbonyl (C=O) groups is 1. The molecule has 1 aliphatic heterocycles. The van der Waals surface area contributed by atoms with Gasteiger partial charge in [-0.1, -0.05) is 35.3 Å². The van der Waals surface area contributed by atoms with Crippen molar-refractivity contribution >= 4 is 44.8 Å². The van der Waals surface area contributed by atoms with Gasteiger partial charge in [-0.25, -0.2) is 13.6 Å². The first-order valence-corrected chi connectivity index (χ1v) is 10.2. The number of amides is 1. The highest BCUT2D eigenvalue weighted by molar-refractivity contribution is 7.89. The van der Waals surface area contributed by atoms with E-state index in [1.54, 1.807) is 4.90 Å². The Bertz CT molecular complexity index is 942. The average Bonchev–Trinajstić information content (AvgIpc) is 2.61. The minimum absolute atomic E-state index is 0.00686. The summed E-state index contributed by atoms with van der Waals surface area (Å²) >= 11 is 12.1. The van der Waals surface area contributed by atoms with Crippen molar-refractivity contribution in [1.82, 2.24) is 4.90 Å². The molecule has 1 aliphatic rings. The Morgan fingerprint density at radius 2 is 1.62 bits per heavy atom. The lowest BCUT2D eigenvalue weighted by molar-refractivity contribution is 0.0746. The third-order valence-corrected chi connectivity index (χ3v) is 5.96. The number of nitrogens with two attached hydrogens (primary N) is 1. The fourth-order valence-corrected chi connectivity index (χ4v) is 4.22. The fraction of sp³-hybridized carbons (Fsp3) is 0.235. The van der Waals surface area contributed by atoms with Gasteiger partial charge < -0.3 is 9.80 Å². The molecule has 0 saturated carbocycles. The van der Waals surface area contributed by atoms with E-state index in [-0.39, 0.29) is 21.4 Å². The van der Waals surface area contributed by atoms with E-state index in [0.29, 0.717) is 31.2 Å². The molecular formula is C17H17Cl2N3O3S. The van der Waals surface area contributed by atoms with Crippen LogP contribution >= 0.6 is 23.2 Å². The van der Waals surface area contributed by atoms with Gasteiger partial charge in [0.1, 0.15) is 4.90 Å². The lowest BCUT2D eigenvalue weighted by Crippen LogP contribution is -2.48. The van der Waals surface area contributed by atoms with Gasteiger partial charge in [0, 0.05) is 31.7 Å².